The van der Waals surface area contributed by atoms with Crippen molar-refractivity contribution < 1.29 is 9.90 Å². The van der Waals surface area contributed by atoms with Crippen LogP contribution >= 0.6 is 0 Å². The Bertz CT molecular complexity index is 582. The third-order valence-electron chi connectivity index (χ3n) is 3.11. The molecule has 0 aliphatic rings. The molecule has 0 saturated heterocycles. The number of benzene rings is 2. The first-order chi connectivity index (χ1) is 9.59. The molecule has 2 unspecified atom stereocenters. The van der Waals surface area contributed by atoms with Crippen molar-refractivity contribution in [1.82, 2.24) is 0 Å². The van der Waals surface area contributed by atoms with Crippen molar-refractivity contribution in [3.05, 3.63) is 65.7 Å². The van der Waals surface area contributed by atoms with Crippen LogP contribution in [0.15, 0.2) is 54.6 Å². The van der Waals surface area contributed by atoms with E-state index in [1.807, 2.05) is 36.4 Å². The molecule has 0 fully saturated rings. The number of carbonyl (C=O) groups excluding carboxylic acids is 1. The second-order valence-corrected chi connectivity index (χ2v) is 4.64. The number of anilines is 1. The Balaban J connectivity index is 2.16. The molecule has 0 heterocycles. The van der Waals surface area contributed by atoms with Crippen molar-refractivity contribution in [3.63, 3.8) is 0 Å². The first kappa shape index (κ1) is 14.2. The minimum Gasteiger partial charge on any atom is -0.389 e. The van der Waals surface area contributed by atoms with Crippen molar-refractivity contribution in [3.8, 4) is 0 Å². The van der Waals surface area contributed by atoms with Crippen LogP contribution in [0.4, 0.5) is 5.69 Å². The number of amides is 1. The van der Waals surface area contributed by atoms with E-state index < -0.39 is 12.1 Å². The van der Waals surface area contributed by atoms with Crippen molar-refractivity contribution in [1.29, 1.82) is 0 Å². The smallest absolute Gasteiger partial charge is 0.245 e. The van der Waals surface area contributed by atoms with Crippen LogP contribution in [0, 0.1) is 0 Å². The average Bonchev–Trinajstić information content (AvgIpc) is 2.47. The van der Waals surface area contributed by atoms with E-state index >= 15 is 0 Å². The van der Waals surface area contributed by atoms with Crippen LogP contribution in [0.25, 0.3) is 0 Å². The predicted octanol–water partition coefficient (Wildman–Crippen LogP) is 2.38. The summed E-state index contributed by atoms with van der Waals surface area (Å²) < 4.78 is 0. The number of hydrogen-bond acceptors (Lipinski definition) is 3. The molecule has 2 aromatic rings. The highest BCUT2D eigenvalue weighted by atomic mass is 16.3. The number of rotatable bonds is 4. The van der Waals surface area contributed by atoms with Crippen molar-refractivity contribution >= 4 is 11.6 Å². The van der Waals surface area contributed by atoms with Gasteiger partial charge in [-0.1, -0.05) is 48.5 Å². The first-order valence-corrected chi connectivity index (χ1v) is 6.48. The summed E-state index contributed by atoms with van der Waals surface area (Å²) in [5, 5.41) is 12.5. The molecule has 0 aromatic heterocycles. The second kappa shape index (κ2) is 6.32. The molecule has 2 aromatic carbocycles. The van der Waals surface area contributed by atoms with E-state index in [1.54, 1.807) is 25.1 Å². The summed E-state index contributed by atoms with van der Waals surface area (Å²) in [6.45, 7) is 1.65. The highest BCUT2D eigenvalue weighted by Gasteiger charge is 2.17. The maximum Gasteiger partial charge on any atom is 0.245 e. The molecule has 0 radical (unpaired) electrons. The van der Waals surface area contributed by atoms with Crippen LogP contribution in [-0.2, 0) is 4.79 Å². The quantitative estimate of drug-likeness (QED) is 0.798. The van der Waals surface area contributed by atoms with Gasteiger partial charge in [-0.25, -0.2) is 0 Å². The summed E-state index contributed by atoms with van der Waals surface area (Å²) in [5.74, 6) is -0.302. The maximum atomic E-state index is 12.2. The Morgan fingerprint density at radius 2 is 1.70 bits per heavy atom. The molecule has 0 aliphatic carbocycles. The molecule has 2 atom stereocenters. The number of aliphatic hydroxyl groups excluding tert-OH is 1. The van der Waals surface area contributed by atoms with E-state index in [1.165, 1.54) is 0 Å². The summed E-state index contributed by atoms with van der Waals surface area (Å²) in [7, 11) is 0. The standard InChI is InChI=1S/C16H18N2O2/c1-11(19)13-9-5-6-10-14(13)18-16(20)15(17)12-7-3-2-4-8-12/h2-11,15,19H,17H2,1H3,(H,18,20). The summed E-state index contributed by atoms with van der Waals surface area (Å²) in [6, 6.07) is 15.6. The van der Waals surface area contributed by atoms with Gasteiger partial charge in [0.05, 0.1) is 6.10 Å². The summed E-state index contributed by atoms with van der Waals surface area (Å²) >= 11 is 0. The minimum absolute atomic E-state index is 0.302. The molecule has 0 aliphatic heterocycles. The van der Waals surface area contributed by atoms with Crippen molar-refractivity contribution in [2.24, 2.45) is 5.73 Å². The Hall–Kier alpha value is -2.17. The van der Waals surface area contributed by atoms with Crippen LogP contribution in [-0.4, -0.2) is 11.0 Å². The van der Waals surface area contributed by atoms with Gasteiger partial charge in [0.25, 0.3) is 0 Å². The van der Waals surface area contributed by atoms with E-state index in [4.69, 9.17) is 5.73 Å². The summed E-state index contributed by atoms with van der Waals surface area (Å²) in [4.78, 5) is 12.2. The lowest BCUT2D eigenvalue weighted by Gasteiger charge is -2.16. The van der Waals surface area contributed by atoms with Crippen LogP contribution in [0.5, 0.6) is 0 Å². The van der Waals surface area contributed by atoms with Gasteiger partial charge in [-0.2, -0.15) is 0 Å². The first-order valence-electron chi connectivity index (χ1n) is 6.48. The lowest BCUT2D eigenvalue weighted by molar-refractivity contribution is -0.117. The molecule has 0 saturated carbocycles. The van der Waals surface area contributed by atoms with Crippen LogP contribution in [0.2, 0.25) is 0 Å². The monoisotopic (exact) mass is 270 g/mol. The molecular weight excluding hydrogens is 252 g/mol. The third-order valence-corrected chi connectivity index (χ3v) is 3.11. The zero-order chi connectivity index (χ0) is 14.5. The van der Waals surface area contributed by atoms with E-state index in [0.29, 0.717) is 11.3 Å². The Labute approximate surface area is 118 Å². The Kier molecular flexibility index (Phi) is 4.50. The van der Waals surface area contributed by atoms with Gasteiger partial charge in [-0.05, 0) is 18.6 Å². The number of para-hydroxylation sites is 1. The Morgan fingerprint density at radius 3 is 2.35 bits per heavy atom. The molecular formula is C16H18N2O2. The molecule has 4 nitrogen and oxygen atoms in total. The van der Waals surface area contributed by atoms with Crippen LogP contribution < -0.4 is 11.1 Å². The zero-order valence-electron chi connectivity index (χ0n) is 11.3. The van der Waals surface area contributed by atoms with Gasteiger partial charge >= 0.3 is 0 Å². The van der Waals surface area contributed by atoms with E-state index in [0.717, 1.165) is 5.56 Å². The molecule has 1 amide bonds. The number of nitrogens with two attached hydrogens (primary N) is 1. The van der Waals surface area contributed by atoms with E-state index in [-0.39, 0.29) is 5.91 Å². The molecule has 4 heteroatoms. The van der Waals surface area contributed by atoms with Crippen LogP contribution in [0.1, 0.15) is 30.2 Å². The van der Waals surface area contributed by atoms with Gasteiger partial charge in [0.15, 0.2) is 0 Å². The minimum atomic E-state index is -0.738. The fourth-order valence-corrected chi connectivity index (χ4v) is 2.00. The van der Waals surface area contributed by atoms with Crippen LogP contribution in [0.3, 0.4) is 0 Å². The van der Waals surface area contributed by atoms with E-state index in [2.05, 4.69) is 5.32 Å². The summed E-state index contributed by atoms with van der Waals surface area (Å²) in [5.41, 5.74) is 7.94. The maximum absolute atomic E-state index is 12.2. The SMILES string of the molecule is CC(O)c1ccccc1NC(=O)C(N)c1ccccc1. The Morgan fingerprint density at radius 1 is 1.10 bits per heavy atom. The third kappa shape index (κ3) is 3.23. The topological polar surface area (TPSA) is 75.3 Å². The summed E-state index contributed by atoms with van der Waals surface area (Å²) in [6.07, 6.45) is -0.653. The normalized spacial score (nSPS) is 13.6. The highest BCUT2D eigenvalue weighted by Crippen LogP contribution is 2.23. The fraction of sp³-hybridized carbons (Fsp3) is 0.188. The molecule has 4 N–H and O–H groups in total. The van der Waals surface area contributed by atoms with Gasteiger partial charge in [0, 0.05) is 11.3 Å². The van der Waals surface area contributed by atoms with Crippen molar-refractivity contribution in [2.75, 3.05) is 5.32 Å². The largest absolute Gasteiger partial charge is 0.389 e. The van der Waals surface area contributed by atoms with Gasteiger partial charge < -0.3 is 16.2 Å². The number of nitrogens with one attached hydrogen (secondary N) is 1. The zero-order valence-corrected chi connectivity index (χ0v) is 11.3. The lowest BCUT2D eigenvalue weighted by Crippen LogP contribution is -2.28. The number of aliphatic hydroxyl groups is 1. The number of carbonyl (C=O) groups is 1. The van der Waals surface area contributed by atoms with Gasteiger partial charge in [-0.3, -0.25) is 4.79 Å². The second-order valence-electron chi connectivity index (χ2n) is 4.64. The molecule has 2 rings (SSSR count). The molecule has 104 valence electrons. The predicted molar refractivity (Wildman–Crippen MR) is 79.1 cm³/mol. The van der Waals surface area contributed by atoms with Gasteiger partial charge in [0.2, 0.25) is 5.91 Å². The molecule has 0 bridgehead atoms. The van der Waals surface area contributed by atoms with Gasteiger partial charge in [0.1, 0.15) is 6.04 Å². The average molecular weight is 270 g/mol. The van der Waals surface area contributed by atoms with E-state index in [9.17, 15) is 9.90 Å². The highest BCUT2D eigenvalue weighted by molar-refractivity contribution is 5.96. The van der Waals surface area contributed by atoms with Gasteiger partial charge in [-0.15, -0.1) is 0 Å². The number of hydrogen-bond donors (Lipinski definition) is 3. The molecule has 20 heavy (non-hydrogen) atoms. The van der Waals surface area contributed by atoms with Crippen molar-refractivity contribution in [2.45, 2.75) is 19.1 Å². The molecule has 0 spiro atoms. The fourth-order valence-electron chi connectivity index (χ4n) is 2.00. The lowest BCUT2D eigenvalue weighted by atomic mass is 10.1.